The van der Waals surface area contributed by atoms with Gasteiger partial charge in [0.1, 0.15) is 10.8 Å². The summed E-state index contributed by atoms with van der Waals surface area (Å²) in [5.41, 5.74) is 6.67. The molecule has 2 rings (SSSR count). The van der Waals surface area contributed by atoms with E-state index in [-0.39, 0.29) is 0 Å². The van der Waals surface area contributed by atoms with Crippen LogP contribution in [-0.2, 0) is 0 Å². The number of anilines is 1. The maximum Gasteiger partial charge on any atom is 0.135 e. The molecular weight excluding hydrogens is 295 g/mol. The zero-order valence-electron chi connectivity index (χ0n) is 6.70. The summed E-state index contributed by atoms with van der Waals surface area (Å²) in [7, 11) is 0. The van der Waals surface area contributed by atoms with Crippen LogP contribution in [0.4, 0.5) is 5.82 Å². The Bertz CT molecular complexity index is 408. The molecule has 0 aliphatic heterocycles. The molecule has 0 atom stereocenters. The number of hydrogen-bond donors (Lipinski definition) is 1. The van der Waals surface area contributed by atoms with E-state index >= 15 is 0 Å². The average molecular weight is 302 g/mol. The van der Waals surface area contributed by atoms with E-state index in [1.807, 2.05) is 5.38 Å². The normalized spacial score (nSPS) is 10.2. The first-order valence-electron chi connectivity index (χ1n) is 3.72. The fraction of sp³-hybridized carbons (Fsp3) is 0. The van der Waals surface area contributed by atoms with Crippen molar-refractivity contribution in [3.63, 3.8) is 0 Å². The molecule has 0 aliphatic carbocycles. The van der Waals surface area contributed by atoms with Gasteiger partial charge in [0.15, 0.2) is 0 Å². The first kappa shape index (κ1) is 8.96. The van der Waals surface area contributed by atoms with Crippen LogP contribution in [0.1, 0.15) is 0 Å². The van der Waals surface area contributed by atoms with E-state index in [9.17, 15) is 0 Å². The second-order valence-electron chi connectivity index (χ2n) is 2.58. The summed E-state index contributed by atoms with van der Waals surface area (Å²) in [5.74, 6) is 0.596. The second kappa shape index (κ2) is 3.63. The molecule has 2 N–H and O–H groups in total. The Hall–Kier alpha value is -0.620. The summed E-state index contributed by atoms with van der Waals surface area (Å²) in [6.07, 6.45) is 0. The van der Waals surface area contributed by atoms with Crippen LogP contribution < -0.4 is 5.73 Å². The lowest BCUT2D eigenvalue weighted by Gasteiger charge is -1.94. The third-order valence-corrected chi connectivity index (χ3v) is 3.24. The Morgan fingerprint density at radius 1 is 1.23 bits per heavy atom. The predicted molar refractivity (Wildman–Crippen MR) is 64.7 cm³/mol. The van der Waals surface area contributed by atoms with Gasteiger partial charge >= 0.3 is 0 Å². The molecule has 0 unspecified atom stereocenters. The minimum atomic E-state index is 0.596. The first-order valence-corrected chi connectivity index (χ1v) is 5.68. The Morgan fingerprint density at radius 3 is 2.46 bits per heavy atom. The molecule has 0 spiro atoms. The number of nitrogens with zero attached hydrogens (tertiary/aromatic N) is 1. The van der Waals surface area contributed by atoms with Gasteiger partial charge in [-0.05, 0) is 34.7 Å². The van der Waals surface area contributed by atoms with Crippen molar-refractivity contribution >= 4 is 39.7 Å². The molecule has 1 aromatic heterocycles. The van der Waals surface area contributed by atoms with Crippen molar-refractivity contribution in [1.29, 1.82) is 0 Å². The van der Waals surface area contributed by atoms with Crippen LogP contribution in [-0.4, -0.2) is 4.98 Å². The van der Waals surface area contributed by atoms with Crippen molar-refractivity contribution in [3.05, 3.63) is 33.2 Å². The van der Waals surface area contributed by atoms with Crippen molar-refractivity contribution in [2.24, 2.45) is 0 Å². The summed E-state index contributed by atoms with van der Waals surface area (Å²) in [6, 6.07) is 8.24. The predicted octanol–water partition coefficient (Wildman–Crippen LogP) is 3.00. The molecule has 4 heteroatoms. The van der Waals surface area contributed by atoms with Crippen molar-refractivity contribution in [2.75, 3.05) is 5.73 Å². The number of rotatable bonds is 1. The number of halogens is 1. The van der Waals surface area contributed by atoms with Gasteiger partial charge in [-0.2, -0.15) is 0 Å². The highest BCUT2D eigenvalue weighted by Crippen LogP contribution is 2.24. The van der Waals surface area contributed by atoms with Gasteiger partial charge in [-0.1, -0.05) is 12.1 Å². The maximum atomic E-state index is 5.54. The van der Waals surface area contributed by atoms with Crippen molar-refractivity contribution in [1.82, 2.24) is 4.98 Å². The van der Waals surface area contributed by atoms with Gasteiger partial charge in [0.25, 0.3) is 0 Å². The molecule has 66 valence electrons. The third-order valence-electron chi connectivity index (χ3n) is 1.61. The van der Waals surface area contributed by atoms with Gasteiger partial charge in [0.05, 0.1) is 0 Å². The Morgan fingerprint density at radius 2 is 1.92 bits per heavy atom. The van der Waals surface area contributed by atoms with E-state index in [2.05, 4.69) is 51.8 Å². The van der Waals surface area contributed by atoms with E-state index in [0.29, 0.717) is 5.82 Å². The lowest BCUT2D eigenvalue weighted by atomic mass is 10.2. The van der Waals surface area contributed by atoms with Crippen LogP contribution in [0.15, 0.2) is 29.6 Å². The standard InChI is InChI=1S/C9H7IN2S/c10-7-3-1-6(2-4-7)9-12-8(11)5-13-9/h1-5H,11H2. The zero-order valence-corrected chi connectivity index (χ0v) is 9.67. The zero-order chi connectivity index (χ0) is 9.26. The maximum absolute atomic E-state index is 5.54. The van der Waals surface area contributed by atoms with E-state index in [4.69, 9.17) is 5.73 Å². The third kappa shape index (κ3) is 2.00. The van der Waals surface area contributed by atoms with Gasteiger partial charge in [0.2, 0.25) is 0 Å². The van der Waals surface area contributed by atoms with Gasteiger partial charge in [-0.3, -0.25) is 0 Å². The summed E-state index contributed by atoms with van der Waals surface area (Å²) < 4.78 is 1.23. The van der Waals surface area contributed by atoms with Gasteiger partial charge in [-0.15, -0.1) is 11.3 Å². The number of benzene rings is 1. The van der Waals surface area contributed by atoms with Gasteiger partial charge in [0, 0.05) is 14.5 Å². The highest BCUT2D eigenvalue weighted by atomic mass is 127. The number of aromatic nitrogens is 1. The van der Waals surface area contributed by atoms with Crippen LogP contribution in [0.5, 0.6) is 0 Å². The highest BCUT2D eigenvalue weighted by Gasteiger charge is 2.01. The fourth-order valence-electron chi connectivity index (χ4n) is 1.01. The molecule has 2 aromatic rings. The van der Waals surface area contributed by atoms with Crippen molar-refractivity contribution in [3.8, 4) is 10.6 Å². The summed E-state index contributed by atoms with van der Waals surface area (Å²) in [4.78, 5) is 4.20. The van der Waals surface area contributed by atoms with Crippen molar-refractivity contribution < 1.29 is 0 Å². The molecule has 0 aliphatic rings. The monoisotopic (exact) mass is 302 g/mol. The molecule has 1 aromatic carbocycles. The lowest BCUT2D eigenvalue weighted by Crippen LogP contribution is -1.83. The summed E-state index contributed by atoms with van der Waals surface area (Å²) >= 11 is 3.85. The average Bonchev–Trinajstić information content (AvgIpc) is 2.53. The smallest absolute Gasteiger partial charge is 0.135 e. The number of hydrogen-bond acceptors (Lipinski definition) is 3. The molecule has 0 fully saturated rings. The molecule has 0 amide bonds. The molecule has 1 heterocycles. The van der Waals surface area contributed by atoms with Gasteiger partial charge in [-0.25, -0.2) is 4.98 Å². The fourth-order valence-corrected chi connectivity index (χ4v) is 2.09. The topological polar surface area (TPSA) is 38.9 Å². The van der Waals surface area contributed by atoms with Crippen LogP contribution in [0.3, 0.4) is 0 Å². The van der Waals surface area contributed by atoms with E-state index in [1.165, 1.54) is 3.57 Å². The van der Waals surface area contributed by atoms with Crippen LogP contribution in [0.2, 0.25) is 0 Å². The van der Waals surface area contributed by atoms with E-state index in [0.717, 1.165) is 10.6 Å². The van der Waals surface area contributed by atoms with Crippen LogP contribution in [0.25, 0.3) is 10.6 Å². The Kier molecular flexibility index (Phi) is 2.50. The minimum absolute atomic E-state index is 0.596. The molecule has 13 heavy (non-hydrogen) atoms. The van der Waals surface area contributed by atoms with E-state index < -0.39 is 0 Å². The molecule has 0 saturated carbocycles. The van der Waals surface area contributed by atoms with Crippen molar-refractivity contribution in [2.45, 2.75) is 0 Å². The quantitative estimate of drug-likeness (QED) is 0.823. The molecule has 0 bridgehead atoms. The summed E-state index contributed by atoms with van der Waals surface area (Å²) in [5, 5.41) is 2.83. The highest BCUT2D eigenvalue weighted by molar-refractivity contribution is 14.1. The van der Waals surface area contributed by atoms with Crippen LogP contribution >= 0.6 is 33.9 Å². The van der Waals surface area contributed by atoms with E-state index in [1.54, 1.807) is 11.3 Å². The molecule has 0 radical (unpaired) electrons. The number of nitrogen functional groups attached to an aromatic ring is 1. The second-order valence-corrected chi connectivity index (χ2v) is 4.69. The first-order chi connectivity index (χ1) is 6.25. The van der Waals surface area contributed by atoms with Gasteiger partial charge < -0.3 is 5.73 Å². The summed E-state index contributed by atoms with van der Waals surface area (Å²) in [6.45, 7) is 0. The van der Waals surface area contributed by atoms with Crippen LogP contribution in [0, 0.1) is 3.57 Å². The minimum Gasteiger partial charge on any atom is -0.383 e. The SMILES string of the molecule is Nc1csc(-c2ccc(I)cc2)n1. The number of nitrogens with two attached hydrogens (primary N) is 1. The Balaban J connectivity index is 2.41. The molecule has 0 saturated heterocycles. The Labute approximate surface area is 94.0 Å². The molecule has 2 nitrogen and oxygen atoms in total. The number of thiazole rings is 1. The largest absolute Gasteiger partial charge is 0.383 e. The molecular formula is C9H7IN2S. The lowest BCUT2D eigenvalue weighted by molar-refractivity contribution is 1.41.